The fourth-order valence-electron chi connectivity index (χ4n) is 3.34. The van der Waals surface area contributed by atoms with Crippen LogP contribution in [0.4, 0.5) is 0 Å². The van der Waals surface area contributed by atoms with Crippen LogP contribution in [-0.2, 0) is 4.74 Å². The van der Waals surface area contributed by atoms with E-state index in [4.69, 9.17) is 16.3 Å². The van der Waals surface area contributed by atoms with E-state index in [1.807, 2.05) is 6.07 Å². The quantitative estimate of drug-likeness (QED) is 0.686. The van der Waals surface area contributed by atoms with Crippen LogP contribution in [0.1, 0.15) is 63.3 Å². The SMILES string of the molecule is CCCNC(c1sccc1Cl)C(OCC)C1CCCCC1. The van der Waals surface area contributed by atoms with E-state index < -0.39 is 0 Å². The Bertz CT molecular complexity index is 403. The van der Waals surface area contributed by atoms with E-state index in [9.17, 15) is 0 Å². The first-order chi connectivity index (χ1) is 10.3. The smallest absolute Gasteiger partial charge is 0.0806 e. The first-order valence-corrected chi connectivity index (χ1v) is 9.61. The third-order valence-electron chi connectivity index (χ3n) is 4.34. The van der Waals surface area contributed by atoms with Gasteiger partial charge in [-0.2, -0.15) is 0 Å². The predicted molar refractivity (Wildman–Crippen MR) is 92.4 cm³/mol. The molecule has 2 nitrogen and oxygen atoms in total. The fraction of sp³-hybridized carbons (Fsp3) is 0.765. The van der Waals surface area contributed by atoms with Gasteiger partial charge < -0.3 is 10.1 Å². The number of ether oxygens (including phenoxy) is 1. The maximum absolute atomic E-state index is 6.41. The molecule has 1 heterocycles. The first-order valence-electron chi connectivity index (χ1n) is 8.35. The second kappa shape index (κ2) is 9.14. The second-order valence-corrected chi connectivity index (χ2v) is 7.24. The number of thiophene rings is 1. The second-order valence-electron chi connectivity index (χ2n) is 5.88. The van der Waals surface area contributed by atoms with Gasteiger partial charge in [0.1, 0.15) is 0 Å². The van der Waals surface area contributed by atoms with Crippen molar-refractivity contribution in [3.05, 3.63) is 21.3 Å². The van der Waals surface area contributed by atoms with Crippen molar-refractivity contribution < 1.29 is 4.74 Å². The molecule has 2 rings (SSSR count). The molecule has 0 radical (unpaired) electrons. The molecule has 1 saturated carbocycles. The van der Waals surface area contributed by atoms with Gasteiger partial charge >= 0.3 is 0 Å². The van der Waals surface area contributed by atoms with E-state index in [1.165, 1.54) is 37.0 Å². The van der Waals surface area contributed by atoms with Crippen LogP contribution in [0.2, 0.25) is 5.02 Å². The molecule has 0 bridgehead atoms. The van der Waals surface area contributed by atoms with Gasteiger partial charge in [0, 0.05) is 11.5 Å². The van der Waals surface area contributed by atoms with Crippen molar-refractivity contribution in [2.75, 3.05) is 13.2 Å². The molecule has 0 amide bonds. The summed E-state index contributed by atoms with van der Waals surface area (Å²) in [5.74, 6) is 0.659. The van der Waals surface area contributed by atoms with E-state index in [0.29, 0.717) is 5.92 Å². The lowest BCUT2D eigenvalue weighted by molar-refractivity contribution is -0.0175. The molecule has 0 aliphatic heterocycles. The highest BCUT2D eigenvalue weighted by atomic mass is 35.5. The highest BCUT2D eigenvalue weighted by molar-refractivity contribution is 7.10. The van der Waals surface area contributed by atoms with Gasteiger partial charge in [-0.15, -0.1) is 11.3 Å². The molecular formula is C17H28ClNOS. The zero-order chi connectivity index (χ0) is 15.1. The van der Waals surface area contributed by atoms with Crippen LogP contribution in [0.3, 0.4) is 0 Å². The average molecular weight is 330 g/mol. The van der Waals surface area contributed by atoms with Gasteiger partial charge in [-0.05, 0) is 50.1 Å². The molecule has 1 aromatic heterocycles. The van der Waals surface area contributed by atoms with Crippen LogP contribution in [0.5, 0.6) is 0 Å². The van der Waals surface area contributed by atoms with Crippen LogP contribution >= 0.6 is 22.9 Å². The van der Waals surface area contributed by atoms with Crippen molar-refractivity contribution in [1.29, 1.82) is 0 Å². The van der Waals surface area contributed by atoms with E-state index >= 15 is 0 Å². The maximum atomic E-state index is 6.41. The molecular weight excluding hydrogens is 302 g/mol. The van der Waals surface area contributed by atoms with E-state index in [2.05, 4.69) is 24.5 Å². The number of hydrogen-bond donors (Lipinski definition) is 1. The third kappa shape index (κ3) is 4.69. The Hall–Kier alpha value is -0.0900. The van der Waals surface area contributed by atoms with E-state index in [1.54, 1.807) is 11.3 Å². The molecule has 120 valence electrons. The summed E-state index contributed by atoms with van der Waals surface area (Å²) < 4.78 is 6.20. The van der Waals surface area contributed by atoms with Crippen LogP contribution in [0.15, 0.2) is 11.4 Å². The molecule has 1 fully saturated rings. The Kier molecular flexibility index (Phi) is 7.51. The molecule has 0 spiro atoms. The third-order valence-corrected chi connectivity index (χ3v) is 5.79. The lowest BCUT2D eigenvalue weighted by atomic mass is 9.82. The van der Waals surface area contributed by atoms with Gasteiger partial charge in [-0.3, -0.25) is 0 Å². The number of rotatable bonds is 8. The minimum absolute atomic E-state index is 0.237. The Morgan fingerprint density at radius 3 is 2.67 bits per heavy atom. The Balaban J connectivity index is 2.19. The molecule has 0 saturated heterocycles. The zero-order valence-corrected chi connectivity index (χ0v) is 14.8. The van der Waals surface area contributed by atoms with Gasteiger partial charge in [-0.25, -0.2) is 0 Å². The molecule has 1 N–H and O–H groups in total. The predicted octanol–water partition coefficient (Wildman–Crippen LogP) is 5.43. The summed E-state index contributed by atoms with van der Waals surface area (Å²) in [6, 6.07) is 2.24. The Morgan fingerprint density at radius 1 is 1.33 bits per heavy atom. The van der Waals surface area contributed by atoms with Gasteiger partial charge in [0.25, 0.3) is 0 Å². The fourth-order valence-corrected chi connectivity index (χ4v) is 4.63. The number of hydrogen-bond acceptors (Lipinski definition) is 3. The summed E-state index contributed by atoms with van der Waals surface area (Å²) in [5, 5.41) is 6.66. The Labute approximate surface area is 138 Å². The van der Waals surface area contributed by atoms with Crippen LogP contribution in [0, 0.1) is 5.92 Å². The summed E-state index contributed by atoms with van der Waals surface area (Å²) in [6.07, 6.45) is 8.01. The molecule has 1 aromatic rings. The molecule has 4 heteroatoms. The Morgan fingerprint density at radius 2 is 2.10 bits per heavy atom. The lowest BCUT2D eigenvalue weighted by Crippen LogP contribution is -2.39. The zero-order valence-electron chi connectivity index (χ0n) is 13.2. The molecule has 0 aromatic carbocycles. The van der Waals surface area contributed by atoms with Gasteiger partial charge in [0.05, 0.1) is 17.2 Å². The topological polar surface area (TPSA) is 21.3 Å². The van der Waals surface area contributed by atoms with Crippen LogP contribution in [0.25, 0.3) is 0 Å². The van der Waals surface area contributed by atoms with Crippen molar-refractivity contribution in [3.63, 3.8) is 0 Å². The van der Waals surface area contributed by atoms with Gasteiger partial charge in [0.15, 0.2) is 0 Å². The molecule has 1 aliphatic rings. The summed E-state index contributed by atoms with van der Waals surface area (Å²) >= 11 is 8.16. The summed E-state index contributed by atoms with van der Waals surface area (Å²) in [5.41, 5.74) is 0. The summed E-state index contributed by atoms with van der Waals surface area (Å²) in [4.78, 5) is 1.24. The van der Waals surface area contributed by atoms with E-state index in [0.717, 1.165) is 24.6 Å². The minimum atomic E-state index is 0.237. The van der Waals surface area contributed by atoms with Gasteiger partial charge in [0.2, 0.25) is 0 Å². The largest absolute Gasteiger partial charge is 0.376 e. The number of nitrogens with one attached hydrogen (secondary N) is 1. The lowest BCUT2D eigenvalue weighted by Gasteiger charge is -2.36. The van der Waals surface area contributed by atoms with Crippen molar-refractivity contribution >= 4 is 22.9 Å². The van der Waals surface area contributed by atoms with Crippen LogP contribution in [-0.4, -0.2) is 19.3 Å². The average Bonchev–Trinajstić information content (AvgIpc) is 2.93. The van der Waals surface area contributed by atoms with Crippen molar-refractivity contribution in [2.45, 2.75) is 64.5 Å². The molecule has 21 heavy (non-hydrogen) atoms. The van der Waals surface area contributed by atoms with Crippen molar-refractivity contribution in [2.24, 2.45) is 5.92 Å². The van der Waals surface area contributed by atoms with Crippen LogP contribution < -0.4 is 5.32 Å². The number of halogens is 1. The summed E-state index contributed by atoms with van der Waals surface area (Å²) in [6.45, 7) is 6.09. The van der Waals surface area contributed by atoms with Crippen molar-refractivity contribution in [1.82, 2.24) is 5.32 Å². The maximum Gasteiger partial charge on any atom is 0.0806 e. The molecule has 1 aliphatic carbocycles. The minimum Gasteiger partial charge on any atom is -0.376 e. The monoisotopic (exact) mass is 329 g/mol. The van der Waals surface area contributed by atoms with Gasteiger partial charge in [-0.1, -0.05) is 37.8 Å². The highest BCUT2D eigenvalue weighted by Gasteiger charge is 2.33. The van der Waals surface area contributed by atoms with Crippen molar-refractivity contribution in [3.8, 4) is 0 Å². The normalized spacial score (nSPS) is 19.6. The summed E-state index contributed by atoms with van der Waals surface area (Å²) in [7, 11) is 0. The molecule has 2 unspecified atom stereocenters. The molecule has 2 atom stereocenters. The van der Waals surface area contributed by atoms with E-state index in [-0.39, 0.29) is 12.1 Å². The first kappa shape index (κ1) is 17.3. The standard InChI is InChI=1S/C17H28ClNOS/c1-3-11-19-15(17-14(18)10-12-21-17)16(20-4-2)13-8-6-5-7-9-13/h10,12-13,15-16,19H,3-9,11H2,1-2H3. The highest BCUT2D eigenvalue weighted by Crippen LogP contribution is 2.38.